The summed E-state index contributed by atoms with van der Waals surface area (Å²) in [4.78, 5) is 63.8. The predicted octanol–water partition coefficient (Wildman–Crippen LogP) is 1.79. The number of ether oxygens (including phenoxy) is 1. The average molecular weight is 482 g/mol. The van der Waals surface area contributed by atoms with E-state index in [4.69, 9.17) is 4.74 Å². The minimum atomic E-state index is -4.65. The first-order valence-electron chi connectivity index (χ1n) is 10.6. The second kappa shape index (κ2) is 8.29. The lowest BCUT2D eigenvalue weighted by atomic mass is 9.98. The maximum atomic E-state index is 13.0. The van der Waals surface area contributed by atoms with Crippen LogP contribution in [0.25, 0.3) is 0 Å². The highest BCUT2D eigenvalue weighted by Gasteiger charge is 2.53. The molecule has 2 fully saturated rings. The standard InChI is InChI=1S/C21H21F3N4O6/c1-11(34-16(30)10-28-18(32)20(26-19(28)33)6-2-3-7-20)17(31)27-9-15(29)25-13-8-12(21(22,23)24)4-5-14(13)27/h4-5,8,11H,2-3,6-7,9-10H2,1H3,(H,25,29)(H,26,33). The fourth-order valence-electron chi connectivity index (χ4n) is 4.43. The molecule has 0 bridgehead atoms. The molecule has 0 radical (unpaired) electrons. The molecule has 3 aliphatic rings. The number of amides is 5. The van der Waals surface area contributed by atoms with Gasteiger partial charge in [-0.3, -0.25) is 29.0 Å². The van der Waals surface area contributed by atoms with Gasteiger partial charge in [0, 0.05) is 0 Å². The normalized spacial score (nSPS) is 20.2. The van der Waals surface area contributed by atoms with Crippen molar-refractivity contribution in [3.05, 3.63) is 23.8 Å². The summed E-state index contributed by atoms with van der Waals surface area (Å²) in [5, 5.41) is 4.91. The maximum Gasteiger partial charge on any atom is 0.416 e. The molecule has 0 aromatic heterocycles. The number of halogens is 3. The number of benzene rings is 1. The van der Waals surface area contributed by atoms with Gasteiger partial charge in [-0.25, -0.2) is 4.79 Å². The van der Waals surface area contributed by atoms with Gasteiger partial charge in [0.15, 0.2) is 6.10 Å². The molecule has 1 atom stereocenters. The lowest BCUT2D eigenvalue weighted by Gasteiger charge is -2.31. The number of alkyl halides is 3. The molecule has 1 saturated heterocycles. The molecule has 34 heavy (non-hydrogen) atoms. The number of rotatable bonds is 4. The SMILES string of the molecule is CC(OC(=O)CN1C(=O)NC2(CCCC2)C1=O)C(=O)N1CC(=O)Nc2cc(C(F)(F)F)ccc21. The van der Waals surface area contributed by atoms with Crippen molar-refractivity contribution in [2.45, 2.75) is 50.4 Å². The van der Waals surface area contributed by atoms with Gasteiger partial charge >= 0.3 is 18.2 Å². The van der Waals surface area contributed by atoms with Crippen molar-refractivity contribution in [3.63, 3.8) is 0 Å². The van der Waals surface area contributed by atoms with E-state index in [0.29, 0.717) is 18.9 Å². The zero-order valence-electron chi connectivity index (χ0n) is 18.0. The van der Waals surface area contributed by atoms with Gasteiger partial charge in [0.25, 0.3) is 11.8 Å². The minimum Gasteiger partial charge on any atom is -0.451 e. The summed E-state index contributed by atoms with van der Waals surface area (Å²) < 4.78 is 44.1. The Morgan fingerprint density at radius 2 is 1.85 bits per heavy atom. The van der Waals surface area contributed by atoms with Crippen LogP contribution in [-0.2, 0) is 30.1 Å². The number of esters is 1. The fraction of sp³-hybridized carbons (Fsp3) is 0.476. The molecule has 5 amide bonds. The first kappa shape index (κ1) is 23.5. The van der Waals surface area contributed by atoms with E-state index < -0.39 is 66.2 Å². The van der Waals surface area contributed by atoms with Crippen LogP contribution in [0.1, 0.15) is 38.2 Å². The summed E-state index contributed by atoms with van der Waals surface area (Å²) in [6.07, 6.45) is -3.59. The number of hydrogen-bond acceptors (Lipinski definition) is 6. The van der Waals surface area contributed by atoms with E-state index in [-0.39, 0.29) is 11.4 Å². The highest BCUT2D eigenvalue weighted by molar-refractivity contribution is 6.12. The zero-order chi connectivity index (χ0) is 24.8. The third kappa shape index (κ3) is 4.17. The molecule has 182 valence electrons. The number of carbonyl (C=O) groups is 5. The van der Waals surface area contributed by atoms with Gasteiger partial charge in [-0.1, -0.05) is 12.8 Å². The molecule has 10 nitrogen and oxygen atoms in total. The number of urea groups is 1. The van der Waals surface area contributed by atoms with Crippen molar-refractivity contribution in [2.24, 2.45) is 0 Å². The van der Waals surface area contributed by atoms with Crippen LogP contribution in [0.3, 0.4) is 0 Å². The first-order valence-corrected chi connectivity index (χ1v) is 10.6. The van der Waals surface area contributed by atoms with E-state index in [1.165, 1.54) is 6.92 Å². The average Bonchev–Trinajstić information content (AvgIpc) is 3.32. The van der Waals surface area contributed by atoms with Crippen LogP contribution in [0.4, 0.5) is 29.3 Å². The van der Waals surface area contributed by atoms with Crippen LogP contribution in [0.2, 0.25) is 0 Å². The minimum absolute atomic E-state index is 0.0118. The van der Waals surface area contributed by atoms with Crippen LogP contribution in [-0.4, -0.2) is 59.4 Å². The van der Waals surface area contributed by atoms with Crippen LogP contribution < -0.4 is 15.5 Å². The first-order chi connectivity index (χ1) is 15.9. The molecule has 1 aliphatic carbocycles. The smallest absolute Gasteiger partial charge is 0.416 e. The fourth-order valence-corrected chi connectivity index (χ4v) is 4.43. The second-order valence-electron chi connectivity index (χ2n) is 8.44. The number of anilines is 2. The third-order valence-corrected chi connectivity index (χ3v) is 6.10. The van der Waals surface area contributed by atoms with Crippen LogP contribution >= 0.6 is 0 Å². The number of carbonyl (C=O) groups excluding carboxylic acids is 5. The van der Waals surface area contributed by atoms with E-state index in [2.05, 4.69) is 10.6 Å². The molecular formula is C21H21F3N4O6. The summed E-state index contributed by atoms with van der Waals surface area (Å²) in [7, 11) is 0. The Hall–Kier alpha value is -3.64. The third-order valence-electron chi connectivity index (χ3n) is 6.10. The van der Waals surface area contributed by atoms with Gasteiger partial charge in [-0.05, 0) is 38.0 Å². The van der Waals surface area contributed by atoms with Crippen LogP contribution in [0.5, 0.6) is 0 Å². The summed E-state index contributed by atoms with van der Waals surface area (Å²) in [5.74, 6) is -3.12. The van der Waals surface area contributed by atoms with E-state index in [0.717, 1.165) is 34.8 Å². The van der Waals surface area contributed by atoms with E-state index in [1.807, 2.05) is 0 Å². The van der Waals surface area contributed by atoms with Gasteiger partial charge in [0.05, 0.1) is 16.9 Å². The Morgan fingerprint density at radius 1 is 1.18 bits per heavy atom. The van der Waals surface area contributed by atoms with Crippen molar-refractivity contribution in [3.8, 4) is 0 Å². The van der Waals surface area contributed by atoms with E-state index >= 15 is 0 Å². The lowest BCUT2D eigenvalue weighted by molar-refractivity contribution is -0.156. The van der Waals surface area contributed by atoms with Gasteiger partial charge in [0.1, 0.15) is 18.6 Å². The molecule has 1 unspecified atom stereocenters. The summed E-state index contributed by atoms with van der Waals surface area (Å²) >= 11 is 0. The zero-order valence-corrected chi connectivity index (χ0v) is 18.0. The van der Waals surface area contributed by atoms with Crippen molar-refractivity contribution in [1.82, 2.24) is 10.2 Å². The summed E-state index contributed by atoms with van der Waals surface area (Å²) in [5.41, 5.74) is -2.20. The van der Waals surface area contributed by atoms with Crippen molar-refractivity contribution in [1.29, 1.82) is 0 Å². The van der Waals surface area contributed by atoms with Crippen LogP contribution in [0, 0.1) is 0 Å². The molecule has 13 heteroatoms. The molecular weight excluding hydrogens is 461 g/mol. The second-order valence-corrected chi connectivity index (χ2v) is 8.44. The maximum absolute atomic E-state index is 13.0. The quantitative estimate of drug-likeness (QED) is 0.498. The van der Waals surface area contributed by atoms with Gasteiger partial charge in [-0.2, -0.15) is 13.2 Å². The van der Waals surface area contributed by atoms with Crippen molar-refractivity contribution in [2.75, 3.05) is 23.3 Å². The predicted molar refractivity (Wildman–Crippen MR) is 109 cm³/mol. The number of nitrogens with one attached hydrogen (secondary N) is 2. The van der Waals surface area contributed by atoms with Crippen molar-refractivity contribution >= 4 is 41.1 Å². The number of hydrogen-bond donors (Lipinski definition) is 2. The Labute approximate surface area is 191 Å². The number of imide groups is 1. The highest BCUT2D eigenvalue weighted by Crippen LogP contribution is 2.37. The molecule has 1 saturated carbocycles. The summed E-state index contributed by atoms with van der Waals surface area (Å²) in [6.45, 7) is 0.0332. The lowest BCUT2D eigenvalue weighted by Crippen LogP contribution is -2.48. The molecule has 2 aliphatic heterocycles. The Balaban J connectivity index is 1.44. The molecule has 2 heterocycles. The Kier molecular flexibility index (Phi) is 5.74. The molecule has 1 aromatic carbocycles. The Bertz CT molecular complexity index is 1080. The summed E-state index contributed by atoms with van der Waals surface area (Å²) in [6, 6.07) is 1.80. The van der Waals surface area contributed by atoms with Crippen molar-refractivity contribution < 1.29 is 41.9 Å². The van der Waals surface area contributed by atoms with E-state index in [9.17, 15) is 37.1 Å². The van der Waals surface area contributed by atoms with Gasteiger partial charge in [-0.15, -0.1) is 0 Å². The van der Waals surface area contributed by atoms with E-state index in [1.54, 1.807) is 0 Å². The van der Waals surface area contributed by atoms with Gasteiger partial charge in [0.2, 0.25) is 5.91 Å². The molecule has 4 rings (SSSR count). The highest BCUT2D eigenvalue weighted by atomic mass is 19.4. The number of fused-ring (bicyclic) bond motifs is 1. The molecule has 1 spiro atoms. The van der Waals surface area contributed by atoms with Gasteiger partial charge < -0.3 is 15.4 Å². The topological polar surface area (TPSA) is 125 Å². The monoisotopic (exact) mass is 482 g/mol. The van der Waals surface area contributed by atoms with Crippen LogP contribution in [0.15, 0.2) is 18.2 Å². The largest absolute Gasteiger partial charge is 0.451 e. The Morgan fingerprint density at radius 3 is 2.50 bits per heavy atom. The molecule has 2 N–H and O–H groups in total. The molecule has 1 aromatic rings. The number of nitrogens with zero attached hydrogens (tertiary/aromatic N) is 2.